The molecule has 0 heterocycles. The predicted molar refractivity (Wildman–Crippen MR) is 57.1 cm³/mol. The lowest BCUT2D eigenvalue weighted by molar-refractivity contribution is 0.125. The topological polar surface area (TPSA) is 52.5 Å². The van der Waals surface area contributed by atoms with Gasteiger partial charge < -0.3 is 15.5 Å². The molecular formula is C11H23NO2. The average Bonchev–Trinajstić information content (AvgIpc) is 2.67. The zero-order valence-corrected chi connectivity index (χ0v) is 9.13. The van der Waals surface area contributed by atoms with Crippen LogP contribution in [0.25, 0.3) is 0 Å². The zero-order chi connectivity index (χ0) is 10.4. The van der Waals surface area contributed by atoms with Crippen molar-refractivity contribution in [2.45, 2.75) is 32.6 Å². The van der Waals surface area contributed by atoms with Gasteiger partial charge in [0, 0.05) is 25.2 Å². The van der Waals surface area contributed by atoms with Crippen LogP contribution in [0, 0.1) is 11.3 Å². The van der Waals surface area contributed by atoms with Crippen molar-refractivity contribution < 1.29 is 10.2 Å². The molecule has 1 fully saturated rings. The third kappa shape index (κ3) is 3.23. The molecule has 0 amide bonds. The van der Waals surface area contributed by atoms with Gasteiger partial charge in [0.2, 0.25) is 0 Å². The Kier molecular flexibility index (Phi) is 4.85. The molecule has 1 aliphatic rings. The molecule has 1 aliphatic carbocycles. The summed E-state index contributed by atoms with van der Waals surface area (Å²) in [6.45, 7) is 4.30. The first-order valence-electron chi connectivity index (χ1n) is 5.65. The molecule has 0 bridgehead atoms. The van der Waals surface area contributed by atoms with E-state index in [1.54, 1.807) is 0 Å². The van der Waals surface area contributed by atoms with Crippen molar-refractivity contribution in [3.63, 3.8) is 0 Å². The third-order valence-corrected chi connectivity index (χ3v) is 3.30. The molecule has 0 aromatic heterocycles. The van der Waals surface area contributed by atoms with E-state index in [2.05, 4.69) is 5.32 Å². The maximum absolute atomic E-state index is 9.35. The Labute approximate surface area is 86.5 Å². The number of rotatable bonds is 6. The summed E-state index contributed by atoms with van der Waals surface area (Å²) < 4.78 is 0. The molecule has 0 radical (unpaired) electrons. The first-order valence-corrected chi connectivity index (χ1v) is 5.65. The minimum absolute atomic E-state index is 0.134. The summed E-state index contributed by atoms with van der Waals surface area (Å²) in [7, 11) is 0. The van der Waals surface area contributed by atoms with Crippen LogP contribution in [-0.2, 0) is 0 Å². The van der Waals surface area contributed by atoms with Gasteiger partial charge in [-0.2, -0.15) is 0 Å². The summed E-state index contributed by atoms with van der Waals surface area (Å²) >= 11 is 0. The molecule has 84 valence electrons. The van der Waals surface area contributed by atoms with Crippen molar-refractivity contribution in [1.82, 2.24) is 5.32 Å². The van der Waals surface area contributed by atoms with Crippen LogP contribution in [0.5, 0.6) is 0 Å². The maximum Gasteiger partial charge on any atom is 0.0499 e. The van der Waals surface area contributed by atoms with E-state index in [-0.39, 0.29) is 12.0 Å². The van der Waals surface area contributed by atoms with Gasteiger partial charge in [0.1, 0.15) is 0 Å². The van der Waals surface area contributed by atoms with Gasteiger partial charge in [0.05, 0.1) is 0 Å². The summed E-state index contributed by atoms with van der Waals surface area (Å²) in [5.74, 6) is 0.312. The van der Waals surface area contributed by atoms with Gasteiger partial charge in [-0.3, -0.25) is 0 Å². The van der Waals surface area contributed by atoms with E-state index in [0.29, 0.717) is 12.5 Å². The Balaban J connectivity index is 2.21. The molecule has 3 nitrogen and oxygen atoms in total. The van der Waals surface area contributed by atoms with Crippen molar-refractivity contribution in [3.05, 3.63) is 0 Å². The second-order valence-electron chi connectivity index (χ2n) is 4.78. The van der Waals surface area contributed by atoms with Crippen LogP contribution >= 0.6 is 0 Å². The summed E-state index contributed by atoms with van der Waals surface area (Å²) in [5, 5.41) is 21.6. The molecule has 1 saturated carbocycles. The van der Waals surface area contributed by atoms with Gasteiger partial charge in [0.15, 0.2) is 0 Å². The Morgan fingerprint density at radius 2 is 1.93 bits per heavy atom. The fourth-order valence-electron chi connectivity index (χ4n) is 2.16. The zero-order valence-electron chi connectivity index (χ0n) is 9.13. The van der Waals surface area contributed by atoms with Crippen molar-refractivity contribution in [2.75, 3.05) is 26.3 Å². The molecule has 3 N–H and O–H groups in total. The van der Waals surface area contributed by atoms with Gasteiger partial charge in [-0.15, -0.1) is 0 Å². The summed E-state index contributed by atoms with van der Waals surface area (Å²) in [5.41, 5.74) is 0.134. The van der Waals surface area contributed by atoms with E-state index in [0.717, 1.165) is 25.9 Å². The molecule has 0 aromatic rings. The third-order valence-electron chi connectivity index (χ3n) is 3.30. The Hall–Kier alpha value is -0.120. The van der Waals surface area contributed by atoms with Crippen LogP contribution in [0.15, 0.2) is 0 Å². The number of aliphatic hydroxyl groups is 2. The second-order valence-corrected chi connectivity index (χ2v) is 4.78. The molecular weight excluding hydrogens is 178 g/mol. The fraction of sp³-hybridized carbons (Fsp3) is 1.00. The lowest BCUT2D eigenvalue weighted by atomic mass is 9.87. The smallest absolute Gasteiger partial charge is 0.0499 e. The Morgan fingerprint density at radius 3 is 2.43 bits per heavy atom. The number of aliphatic hydroxyl groups excluding tert-OH is 2. The van der Waals surface area contributed by atoms with Gasteiger partial charge in [-0.1, -0.05) is 19.8 Å². The maximum atomic E-state index is 9.35. The molecule has 0 spiro atoms. The Morgan fingerprint density at radius 1 is 1.29 bits per heavy atom. The molecule has 3 heteroatoms. The quantitative estimate of drug-likeness (QED) is 0.594. The normalized spacial score (nSPS) is 22.5. The van der Waals surface area contributed by atoms with E-state index in [1.165, 1.54) is 12.8 Å². The van der Waals surface area contributed by atoms with E-state index in [1.807, 2.05) is 6.92 Å². The van der Waals surface area contributed by atoms with Gasteiger partial charge in [0.25, 0.3) is 0 Å². The molecule has 1 rings (SSSR count). The van der Waals surface area contributed by atoms with E-state index in [9.17, 15) is 5.11 Å². The SMILES string of the molecule is CC(CO)CNCC1(CO)CCCC1. The van der Waals surface area contributed by atoms with Crippen molar-refractivity contribution >= 4 is 0 Å². The van der Waals surface area contributed by atoms with Gasteiger partial charge in [-0.05, 0) is 25.3 Å². The predicted octanol–water partition coefficient (Wildman–Crippen LogP) is 0.757. The van der Waals surface area contributed by atoms with E-state index >= 15 is 0 Å². The van der Waals surface area contributed by atoms with E-state index in [4.69, 9.17) is 5.11 Å². The summed E-state index contributed by atoms with van der Waals surface area (Å²) in [6, 6.07) is 0. The highest BCUT2D eigenvalue weighted by Crippen LogP contribution is 2.36. The molecule has 0 saturated heterocycles. The van der Waals surface area contributed by atoms with Crippen LogP contribution in [-0.4, -0.2) is 36.5 Å². The highest BCUT2D eigenvalue weighted by Gasteiger charge is 2.32. The summed E-state index contributed by atoms with van der Waals surface area (Å²) in [6.07, 6.45) is 4.78. The number of nitrogens with one attached hydrogen (secondary N) is 1. The standard InChI is InChI=1S/C11H23NO2/c1-10(7-13)6-12-8-11(9-14)4-2-3-5-11/h10,12-14H,2-9H2,1H3. The fourth-order valence-corrected chi connectivity index (χ4v) is 2.16. The minimum atomic E-state index is 0.134. The van der Waals surface area contributed by atoms with Crippen molar-refractivity contribution in [3.8, 4) is 0 Å². The lowest BCUT2D eigenvalue weighted by Crippen LogP contribution is -2.37. The monoisotopic (exact) mass is 201 g/mol. The molecule has 0 aliphatic heterocycles. The summed E-state index contributed by atoms with van der Waals surface area (Å²) in [4.78, 5) is 0. The van der Waals surface area contributed by atoms with Crippen LogP contribution in [0.3, 0.4) is 0 Å². The van der Waals surface area contributed by atoms with Crippen LogP contribution in [0.2, 0.25) is 0 Å². The van der Waals surface area contributed by atoms with Crippen LogP contribution < -0.4 is 5.32 Å². The molecule has 0 aromatic carbocycles. The van der Waals surface area contributed by atoms with Gasteiger partial charge >= 0.3 is 0 Å². The number of hydrogen-bond acceptors (Lipinski definition) is 3. The van der Waals surface area contributed by atoms with Crippen LogP contribution in [0.4, 0.5) is 0 Å². The first kappa shape index (κ1) is 12.0. The van der Waals surface area contributed by atoms with Crippen molar-refractivity contribution in [2.24, 2.45) is 11.3 Å². The minimum Gasteiger partial charge on any atom is -0.396 e. The second kappa shape index (κ2) is 5.69. The lowest BCUT2D eigenvalue weighted by Gasteiger charge is -2.27. The first-order chi connectivity index (χ1) is 6.72. The molecule has 14 heavy (non-hydrogen) atoms. The van der Waals surface area contributed by atoms with Crippen molar-refractivity contribution in [1.29, 1.82) is 0 Å². The number of hydrogen-bond donors (Lipinski definition) is 3. The van der Waals surface area contributed by atoms with E-state index < -0.39 is 0 Å². The largest absolute Gasteiger partial charge is 0.396 e. The average molecular weight is 201 g/mol. The van der Waals surface area contributed by atoms with Crippen LogP contribution in [0.1, 0.15) is 32.6 Å². The molecule has 1 unspecified atom stereocenters. The Bertz CT molecular complexity index is 155. The molecule has 1 atom stereocenters. The highest BCUT2D eigenvalue weighted by atomic mass is 16.3. The highest BCUT2D eigenvalue weighted by molar-refractivity contribution is 4.86. The van der Waals surface area contributed by atoms with Gasteiger partial charge in [-0.25, -0.2) is 0 Å².